The van der Waals surface area contributed by atoms with Gasteiger partial charge in [-0.1, -0.05) is 18.2 Å². The molecular weight excluding hydrogens is 411 g/mol. The molecule has 0 saturated carbocycles. The van der Waals surface area contributed by atoms with Crippen LogP contribution in [0.15, 0.2) is 78.8 Å². The Hall–Kier alpha value is -4.33. The molecule has 0 bridgehead atoms. The minimum atomic E-state index is -0.517. The Kier molecular flexibility index (Phi) is 5.76. The summed E-state index contributed by atoms with van der Waals surface area (Å²) >= 11 is 0. The highest BCUT2D eigenvalue weighted by Gasteiger charge is 2.39. The Morgan fingerprint density at radius 1 is 0.969 bits per heavy atom. The molecule has 1 aromatic heterocycles. The van der Waals surface area contributed by atoms with E-state index in [1.54, 1.807) is 54.9 Å². The van der Waals surface area contributed by atoms with E-state index in [-0.39, 0.29) is 23.7 Å². The fourth-order valence-corrected chi connectivity index (χ4v) is 3.41. The zero-order chi connectivity index (χ0) is 22.7. The van der Waals surface area contributed by atoms with Gasteiger partial charge < -0.3 is 10.6 Å². The molecule has 32 heavy (non-hydrogen) atoms. The van der Waals surface area contributed by atoms with Gasteiger partial charge >= 0.3 is 0 Å². The zero-order valence-corrected chi connectivity index (χ0v) is 17.1. The highest BCUT2D eigenvalue weighted by molar-refractivity contribution is 6.36. The van der Waals surface area contributed by atoms with Gasteiger partial charge in [0.2, 0.25) is 5.91 Å². The van der Waals surface area contributed by atoms with Gasteiger partial charge in [0.1, 0.15) is 11.5 Å². The van der Waals surface area contributed by atoms with Gasteiger partial charge in [0.15, 0.2) is 0 Å². The van der Waals surface area contributed by atoms with Gasteiger partial charge in [0.05, 0.1) is 12.1 Å². The van der Waals surface area contributed by atoms with E-state index < -0.39 is 17.6 Å². The number of nitrogens with one attached hydrogen (secondary N) is 2. The minimum Gasteiger partial charge on any atom is -0.350 e. The number of imide groups is 1. The zero-order valence-electron chi connectivity index (χ0n) is 17.1. The average molecular weight is 430 g/mol. The summed E-state index contributed by atoms with van der Waals surface area (Å²) in [6.07, 6.45) is 3.17. The molecule has 1 aliphatic rings. The van der Waals surface area contributed by atoms with E-state index in [9.17, 15) is 18.8 Å². The van der Waals surface area contributed by atoms with Crippen LogP contribution in [-0.2, 0) is 20.9 Å². The number of carbonyl (C=O) groups is 3. The van der Waals surface area contributed by atoms with Crippen molar-refractivity contribution in [1.82, 2.24) is 9.88 Å². The molecule has 160 valence electrons. The lowest BCUT2D eigenvalue weighted by Crippen LogP contribution is -2.32. The molecule has 3 aromatic rings. The van der Waals surface area contributed by atoms with Crippen molar-refractivity contribution < 1.29 is 18.8 Å². The summed E-state index contributed by atoms with van der Waals surface area (Å²) in [5.41, 5.74) is 2.37. The second-order valence-electron chi connectivity index (χ2n) is 7.20. The predicted octanol–water partition coefficient (Wildman–Crippen LogP) is 3.57. The van der Waals surface area contributed by atoms with E-state index in [4.69, 9.17) is 0 Å². The first kappa shape index (κ1) is 20.9. The van der Waals surface area contributed by atoms with E-state index in [1.165, 1.54) is 25.1 Å². The van der Waals surface area contributed by atoms with E-state index in [0.717, 1.165) is 10.5 Å². The molecule has 7 nitrogen and oxygen atoms in total. The van der Waals surface area contributed by atoms with Gasteiger partial charge in [-0.15, -0.1) is 0 Å². The molecule has 1 aliphatic heterocycles. The second-order valence-corrected chi connectivity index (χ2v) is 7.20. The van der Waals surface area contributed by atoms with E-state index in [1.807, 2.05) is 0 Å². The van der Waals surface area contributed by atoms with Crippen molar-refractivity contribution in [2.75, 3.05) is 10.6 Å². The Balaban J connectivity index is 1.72. The second kappa shape index (κ2) is 8.81. The Bertz CT molecular complexity index is 1220. The normalized spacial score (nSPS) is 13.5. The summed E-state index contributed by atoms with van der Waals surface area (Å²) < 4.78 is 13.7. The molecule has 2 N–H and O–H groups in total. The summed E-state index contributed by atoms with van der Waals surface area (Å²) in [5, 5.41) is 5.58. The van der Waals surface area contributed by atoms with Crippen LogP contribution in [0.25, 0.3) is 5.57 Å². The lowest BCUT2D eigenvalue weighted by molar-refractivity contribution is -0.137. The number of amides is 3. The first-order chi connectivity index (χ1) is 15.4. The molecule has 0 atom stereocenters. The van der Waals surface area contributed by atoms with E-state index in [2.05, 4.69) is 15.6 Å². The van der Waals surface area contributed by atoms with Crippen LogP contribution in [0.4, 0.5) is 15.8 Å². The van der Waals surface area contributed by atoms with Gasteiger partial charge in [-0.2, -0.15) is 0 Å². The highest BCUT2D eigenvalue weighted by Crippen LogP contribution is 2.32. The maximum atomic E-state index is 13.7. The van der Waals surface area contributed by atoms with Crippen LogP contribution in [0.3, 0.4) is 0 Å². The van der Waals surface area contributed by atoms with Crippen molar-refractivity contribution in [2.45, 2.75) is 13.5 Å². The third-order valence-corrected chi connectivity index (χ3v) is 4.85. The lowest BCUT2D eigenvalue weighted by Gasteiger charge is -2.15. The molecule has 4 rings (SSSR count). The number of pyridine rings is 1. The number of halogens is 1. The highest BCUT2D eigenvalue weighted by atomic mass is 19.1. The molecule has 0 spiro atoms. The molecule has 0 saturated heterocycles. The number of hydrogen-bond donors (Lipinski definition) is 2. The first-order valence-electron chi connectivity index (χ1n) is 9.82. The van der Waals surface area contributed by atoms with Crippen molar-refractivity contribution in [3.05, 3.63) is 95.7 Å². The van der Waals surface area contributed by atoms with E-state index >= 15 is 0 Å². The third-order valence-electron chi connectivity index (χ3n) is 4.85. The lowest BCUT2D eigenvalue weighted by atomic mass is 10.0. The summed E-state index contributed by atoms with van der Waals surface area (Å²) in [4.78, 5) is 42.9. The number of aromatic nitrogens is 1. The number of rotatable bonds is 6. The van der Waals surface area contributed by atoms with Crippen LogP contribution in [0, 0.1) is 5.82 Å². The Labute approximate surface area is 183 Å². The summed E-state index contributed by atoms with van der Waals surface area (Å²) in [6.45, 7) is 1.47. The molecular formula is C24H19FN4O3. The third kappa shape index (κ3) is 4.39. The monoisotopic (exact) mass is 430 g/mol. The van der Waals surface area contributed by atoms with Crippen molar-refractivity contribution in [1.29, 1.82) is 0 Å². The minimum absolute atomic E-state index is 0.0573. The molecule has 2 aromatic carbocycles. The first-order valence-corrected chi connectivity index (χ1v) is 9.82. The predicted molar refractivity (Wildman–Crippen MR) is 117 cm³/mol. The quantitative estimate of drug-likeness (QED) is 0.584. The number of carbonyl (C=O) groups excluding carboxylic acids is 3. The average Bonchev–Trinajstić information content (AvgIpc) is 2.99. The smallest absolute Gasteiger partial charge is 0.278 e. The topological polar surface area (TPSA) is 91.4 Å². The summed E-state index contributed by atoms with van der Waals surface area (Å²) in [6, 6.07) is 15.7. The molecule has 0 radical (unpaired) electrons. The molecule has 0 fully saturated rings. The van der Waals surface area contributed by atoms with Crippen molar-refractivity contribution >= 4 is 34.7 Å². The van der Waals surface area contributed by atoms with Gasteiger partial charge in [-0.3, -0.25) is 24.3 Å². The SMILES string of the molecule is CC(=O)Nc1ccc(C2=C(Nc3cccc(F)c3)C(=O)N(Cc3ccncc3)C2=O)cc1. The Morgan fingerprint density at radius 3 is 2.34 bits per heavy atom. The van der Waals surface area contributed by atoms with Gasteiger partial charge in [-0.25, -0.2) is 4.39 Å². The van der Waals surface area contributed by atoms with Crippen LogP contribution >= 0.6 is 0 Å². The van der Waals surface area contributed by atoms with Crippen LogP contribution < -0.4 is 10.6 Å². The molecule has 8 heteroatoms. The van der Waals surface area contributed by atoms with Crippen LogP contribution in [0.2, 0.25) is 0 Å². The largest absolute Gasteiger partial charge is 0.350 e. The van der Waals surface area contributed by atoms with Crippen molar-refractivity contribution in [3.8, 4) is 0 Å². The Morgan fingerprint density at radius 2 is 1.69 bits per heavy atom. The maximum absolute atomic E-state index is 13.7. The summed E-state index contributed by atoms with van der Waals surface area (Å²) in [5.74, 6) is -1.68. The molecule has 2 heterocycles. The van der Waals surface area contributed by atoms with Crippen molar-refractivity contribution in [2.24, 2.45) is 0 Å². The van der Waals surface area contributed by atoms with Gasteiger partial charge in [0, 0.05) is 30.7 Å². The molecule has 0 unspecified atom stereocenters. The van der Waals surface area contributed by atoms with Gasteiger partial charge in [-0.05, 0) is 53.6 Å². The number of benzene rings is 2. The fourth-order valence-electron chi connectivity index (χ4n) is 3.41. The number of anilines is 2. The standard InChI is InChI=1S/C24H19FN4O3/c1-15(30)27-19-7-5-17(6-8-19)21-22(28-20-4-2-3-18(25)13-20)24(32)29(23(21)31)14-16-9-11-26-12-10-16/h2-13,28H,14H2,1H3,(H,27,30). The molecule has 3 amide bonds. The number of hydrogen-bond acceptors (Lipinski definition) is 5. The number of nitrogens with zero attached hydrogens (tertiary/aromatic N) is 2. The fraction of sp³-hybridized carbons (Fsp3) is 0.0833. The van der Waals surface area contributed by atoms with Crippen LogP contribution in [-0.4, -0.2) is 27.6 Å². The maximum Gasteiger partial charge on any atom is 0.278 e. The van der Waals surface area contributed by atoms with Crippen LogP contribution in [0.1, 0.15) is 18.1 Å². The van der Waals surface area contributed by atoms with Crippen molar-refractivity contribution in [3.63, 3.8) is 0 Å². The summed E-state index contributed by atoms with van der Waals surface area (Å²) in [7, 11) is 0. The van der Waals surface area contributed by atoms with Gasteiger partial charge in [0.25, 0.3) is 11.8 Å². The molecule has 0 aliphatic carbocycles. The van der Waals surface area contributed by atoms with E-state index in [0.29, 0.717) is 16.9 Å². The van der Waals surface area contributed by atoms with Crippen LogP contribution in [0.5, 0.6) is 0 Å².